The van der Waals surface area contributed by atoms with Crippen LogP contribution in [0.5, 0.6) is 0 Å². The molecule has 0 spiro atoms. The van der Waals surface area contributed by atoms with Gasteiger partial charge in [-0.3, -0.25) is 4.98 Å². The summed E-state index contributed by atoms with van der Waals surface area (Å²) >= 11 is 1.61. The fourth-order valence-corrected chi connectivity index (χ4v) is 2.71. The van der Waals surface area contributed by atoms with E-state index in [4.69, 9.17) is 10.2 Å². The number of rotatable bonds is 1. The van der Waals surface area contributed by atoms with Crippen molar-refractivity contribution in [3.63, 3.8) is 0 Å². The van der Waals surface area contributed by atoms with Crippen LogP contribution >= 0.6 is 9.42 Å². The molecule has 0 radical (unpaired) electrons. The fraction of sp³-hybridized carbons (Fsp3) is 0.231. The van der Waals surface area contributed by atoms with Gasteiger partial charge in [0.1, 0.15) is 0 Å². The molecule has 9 heteroatoms. The first-order valence-corrected chi connectivity index (χ1v) is 12.6. The van der Waals surface area contributed by atoms with E-state index < -0.39 is 6.09 Å². The van der Waals surface area contributed by atoms with E-state index in [1.807, 2.05) is 54.7 Å². The molecular formula is C26H36ClN4O3Pt-2. The molecule has 4 rings (SSSR count). The van der Waals surface area contributed by atoms with Crippen LogP contribution in [0.4, 0.5) is 4.79 Å². The molecule has 7 N–H and O–H groups in total. The predicted molar refractivity (Wildman–Crippen MR) is 146 cm³/mol. The molecule has 1 amide bonds. The summed E-state index contributed by atoms with van der Waals surface area (Å²) in [4.78, 5) is 14.3. The van der Waals surface area contributed by atoms with Crippen LogP contribution in [-0.4, -0.2) is 26.8 Å². The molecule has 0 bridgehead atoms. The number of pyridine rings is 1. The summed E-state index contributed by atoms with van der Waals surface area (Å²) in [6.45, 7) is 5.52. The predicted octanol–water partition coefficient (Wildman–Crippen LogP) is 8.38. The van der Waals surface area contributed by atoms with Gasteiger partial charge < -0.3 is 27.8 Å². The summed E-state index contributed by atoms with van der Waals surface area (Å²) < 4.78 is 0. The van der Waals surface area contributed by atoms with E-state index in [-0.39, 0.29) is 31.9 Å². The zero-order valence-corrected chi connectivity index (χ0v) is 22.4. The Hall–Kier alpha value is -2.54. The molecule has 4 aromatic rings. The van der Waals surface area contributed by atoms with Gasteiger partial charge >= 0.3 is 34.3 Å². The van der Waals surface area contributed by atoms with Gasteiger partial charge in [0.05, 0.1) is 12.1 Å². The number of aliphatic hydroxyl groups excluding tert-OH is 1. The van der Waals surface area contributed by atoms with Crippen molar-refractivity contribution in [2.45, 2.75) is 40.3 Å². The average Bonchev–Trinajstić information content (AvgIpc) is 2.80. The van der Waals surface area contributed by atoms with Crippen molar-refractivity contribution >= 4 is 37.2 Å². The van der Waals surface area contributed by atoms with Crippen LogP contribution in [0.1, 0.15) is 33.8 Å². The van der Waals surface area contributed by atoms with Crippen molar-refractivity contribution in [2.75, 3.05) is 0 Å². The minimum atomic E-state index is -0.975. The van der Waals surface area contributed by atoms with E-state index in [0.717, 1.165) is 11.1 Å². The van der Waals surface area contributed by atoms with Gasteiger partial charge in [0, 0.05) is 22.5 Å². The molecule has 3 aromatic carbocycles. The van der Waals surface area contributed by atoms with Crippen LogP contribution in [0.15, 0.2) is 85.1 Å². The van der Waals surface area contributed by atoms with Gasteiger partial charge in [-0.05, 0) is 37.8 Å². The Kier molecular flexibility index (Phi) is 20.9. The van der Waals surface area contributed by atoms with Crippen LogP contribution < -0.4 is 5.32 Å². The Balaban J connectivity index is -0.000000431. The molecular weight excluding hydrogens is 647 g/mol. The zero-order chi connectivity index (χ0) is 24.0. The van der Waals surface area contributed by atoms with Gasteiger partial charge in [-0.1, -0.05) is 80.2 Å². The smallest absolute Gasteiger partial charge is 0.0708 e. The van der Waals surface area contributed by atoms with Crippen molar-refractivity contribution in [1.29, 1.82) is 0 Å². The first-order valence-electron chi connectivity index (χ1n) is 9.80. The molecule has 0 saturated carbocycles. The fourth-order valence-electron chi connectivity index (χ4n) is 2.71. The van der Waals surface area contributed by atoms with Crippen LogP contribution in [0, 0.1) is 0 Å². The summed E-state index contributed by atoms with van der Waals surface area (Å²) in [6, 6.07) is 26.1. The molecule has 0 aliphatic heterocycles. The molecule has 0 saturated heterocycles. The second-order valence-electron chi connectivity index (χ2n) is 7.69. The molecule has 0 atom stereocenters. The number of halogens is 1. The Labute approximate surface area is 223 Å². The van der Waals surface area contributed by atoms with Crippen molar-refractivity contribution in [1.82, 2.24) is 10.3 Å². The molecule has 0 aliphatic rings. The number of hydrogen-bond acceptors (Lipinski definition) is 3. The number of para-hydroxylation sites is 1. The van der Waals surface area contributed by atoms with Gasteiger partial charge in [0.25, 0.3) is 0 Å². The number of hydrogen-bond donors (Lipinski definition) is 3. The SMILES string of the molecule is C.CC(C)(C)NC(=O)O.OCc1ccccc1.[Cl][Pt].[NH2-].[NH2-].c1ccc2c(c1)cnc1ccccc12. The monoisotopic (exact) mass is 682 g/mol. The Bertz CT molecular complexity index is 1040. The molecule has 1 heterocycles. The van der Waals surface area contributed by atoms with Crippen LogP contribution in [0.3, 0.4) is 0 Å². The van der Waals surface area contributed by atoms with E-state index >= 15 is 0 Å². The Morgan fingerprint density at radius 1 is 0.886 bits per heavy atom. The van der Waals surface area contributed by atoms with Crippen LogP contribution in [-0.2, 0) is 25.4 Å². The summed E-state index contributed by atoms with van der Waals surface area (Å²) in [5, 5.41) is 22.7. The summed E-state index contributed by atoms with van der Waals surface area (Å²) in [5.74, 6) is 0. The molecule has 7 nitrogen and oxygen atoms in total. The van der Waals surface area contributed by atoms with Crippen molar-refractivity contribution in [3.8, 4) is 0 Å². The molecule has 0 fully saturated rings. The first kappa shape index (κ1) is 37.0. The zero-order valence-electron chi connectivity index (χ0n) is 19.4. The molecule has 0 aliphatic carbocycles. The largest absolute Gasteiger partial charge is 0.693 e. The number of carboxylic acid groups (broad SMARTS) is 1. The summed E-state index contributed by atoms with van der Waals surface area (Å²) in [6.07, 6.45) is 0.954. The third-order valence-electron chi connectivity index (χ3n) is 4.01. The first-order chi connectivity index (χ1) is 15.3. The van der Waals surface area contributed by atoms with Gasteiger partial charge in [-0.25, -0.2) is 4.79 Å². The van der Waals surface area contributed by atoms with E-state index in [0.29, 0.717) is 0 Å². The number of aromatic nitrogens is 1. The second kappa shape index (κ2) is 19.7. The Morgan fingerprint density at radius 3 is 1.83 bits per heavy atom. The van der Waals surface area contributed by atoms with Gasteiger partial charge in [0.15, 0.2) is 0 Å². The standard InChI is InChI=1S/C13H9N.C7H8O.C5H11NO2.CH4.ClH.2H2N.Pt/c1-2-6-11-10(5-1)9-14-13-8-4-3-7-12(11)13;8-6-7-4-2-1-3-5-7;1-5(2,3)6-4(7)8;;;;;/h1-9H;1-5,8H,6H2;6H,1-3H3,(H,7,8);1H4;1H;2*1H2;/q;;;;;2*-1;+1/p-1. The van der Waals surface area contributed by atoms with E-state index in [2.05, 4.69) is 50.1 Å². The normalized spacial score (nSPS) is 9.11. The summed E-state index contributed by atoms with van der Waals surface area (Å²) in [7, 11) is 4.61. The molecule has 35 heavy (non-hydrogen) atoms. The maximum absolute atomic E-state index is 9.90. The second-order valence-corrected chi connectivity index (χ2v) is 7.69. The molecule has 1 aromatic heterocycles. The maximum atomic E-state index is 9.90. The summed E-state index contributed by atoms with van der Waals surface area (Å²) in [5.41, 5.74) is 1.70. The third kappa shape index (κ3) is 14.5. The maximum Gasteiger partial charge on any atom is 0.0708 e. The number of aliphatic hydroxyl groups is 1. The van der Waals surface area contributed by atoms with Gasteiger partial charge in [-0.15, -0.1) is 0 Å². The number of nitrogens with zero attached hydrogens (tertiary/aromatic N) is 1. The Morgan fingerprint density at radius 2 is 1.37 bits per heavy atom. The minimum Gasteiger partial charge on any atom is -0.693 e. The van der Waals surface area contributed by atoms with E-state index in [1.165, 1.54) is 16.2 Å². The van der Waals surface area contributed by atoms with Gasteiger partial charge in [-0.2, -0.15) is 0 Å². The minimum absolute atomic E-state index is 0. The third-order valence-corrected chi connectivity index (χ3v) is 4.01. The molecule has 197 valence electrons. The van der Waals surface area contributed by atoms with E-state index in [9.17, 15) is 4.79 Å². The number of amides is 1. The number of nitrogens with two attached hydrogens (primary N) is 2. The average molecular weight is 683 g/mol. The quantitative estimate of drug-likeness (QED) is 0.173. The van der Waals surface area contributed by atoms with Gasteiger partial charge in [0.2, 0.25) is 0 Å². The van der Waals surface area contributed by atoms with Crippen LogP contribution in [0.25, 0.3) is 34.0 Å². The number of carbonyl (C=O) groups is 1. The van der Waals surface area contributed by atoms with Crippen molar-refractivity contribution in [3.05, 3.63) is 103 Å². The van der Waals surface area contributed by atoms with Crippen molar-refractivity contribution in [2.24, 2.45) is 0 Å². The number of benzene rings is 3. The van der Waals surface area contributed by atoms with Crippen molar-refractivity contribution < 1.29 is 33.8 Å². The number of fused-ring (bicyclic) bond motifs is 3. The van der Waals surface area contributed by atoms with E-state index in [1.54, 1.807) is 39.5 Å². The number of nitrogens with one attached hydrogen (secondary N) is 1. The van der Waals surface area contributed by atoms with Crippen LogP contribution in [0.2, 0.25) is 0 Å². The topological polar surface area (TPSA) is 149 Å². The molecule has 0 unspecified atom stereocenters.